The van der Waals surface area contributed by atoms with Crippen LogP contribution in [0.15, 0.2) is 6.07 Å². The van der Waals surface area contributed by atoms with Crippen LogP contribution >= 0.6 is 0 Å². The number of aliphatic hydroxyl groups excluding tert-OH is 1. The molecular weight excluding hydrogens is 214 g/mol. The second-order valence-electron chi connectivity index (χ2n) is 4.93. The van der Waals surface area contributed by atoms with Crippen LogP contribution in [0, 0.1) is 0 Å². The summed E-state index contributed by atoms with van der Waals surface area (Å²) in [5.41, 5.74) is 2.23. The molecule has 1 saturated heterocycles. The quantitative estimate of drug-likeness (QED) is 0.822. The van der Waals surface area contributed by atoms with Crippen molar-refractivity contribution in [2.45, 2.75) is 51.2 Å². The summed E-state index contributed by atoms with van der Waals surface area (Å²) in [4.78, 5) is 0. The maximum Gasteiger partial charge on any atom is 0.0748 e. The van der Waals surface area contributed by atoms with E-state index in [2.05, 4.69) is 23.4 Å². The number of nitrogens with one attached hydrogen (secondary N) is 1. The molecule has 2 atom stereocenters. The molecular formula is C13H23N3O. The molecule has 96 valence electrons. The highest BCUT2D eigenvalue weighted by Crippen LogP contribution is 2.15. The molecule has 2 rings (SSSR count). The van der Waals surface area contributed by atoms with Crippen molar-refractivity contribution in [1.29, 1.82) is 0 Å². The highest BCUT2D eigenvalue weighted by atomic mass is 16.3. The van der Waals surface area contributed by atoms with Gasteiger partial charge in [-0.25, -0.2) is 0 Å². The molecule has 4 nitrogen and oxygen atoms in total. The molecule has 0 bridgehead atoms. The first-order chi connectivity index (χ1) is 8.20. The molecule has 0 spiro atoms. The minimum Gasteiger partial charge on any atom is -0.391 e. The van der Waals surface area contributed by atoms with E-state index in [-0.39, 0.29) is 12.1 Å². The Kier molecular flexibility index (Phi) is 4.18. The Labute approximate surface area is 103 Å². The van der Waals surface area contributed by atoms with Gasteiger partial charge in [0.25, 0.3) is 0 Å². The molecule has 17 heavy (non-hydrogen) atoms. The van der Waals surface area contributed by atoms with Gasteiger partial charge >= 0.3 is 0 Å². The van der Waals surface area contributed by atoms with Gasteiger partial charge in [0.2, 0.25) is 0 Å². The summed E-state index contributed by atoms with van der Waals surface area (Å²) in [7, 11) is 1.95. The summed E-state index contributed by atoms with van der Waals surface area (Å²) < 4.78 is 1.89. The van der Waals surface area contributed by atoms with Crippen LogP contribution in [0.25, 0.3) is 0 Å². The Hall–Kier alpha value is -0.870. The van der Waals surface area contributed by atoms with Crippen LogP contribution in [0.4, 0.5) is 0 Å². The Morgan fingerprint density at radius 3 is 3.00 bits per heavy atom. The first kappa shape index (κ1) is 12.6. The van der Waals surface area contributed by atoms with E-state index in [0.717, 1.165) is 30.8 Å². The highest BCUT2D eigenvalue weighted by Gasteiger charge is 2.22. The summed E-state index contributed by atoms with van der Waals surface area (Å²) >= 11 is 0. The zero-order valence-corrected chi connectivity index (χ0v) is 10.8. The smallest absolute Gasteiger partial charge is 0.0748 e. The van der Waals surface area contributed by atoms with Gasteiger partial charge in [0, 0.05) is 25.2 Å². The molecule has 0 radical (unpaired) electrons. The van der Waals surface area contributed by atoms with E-state index in [0.29, 0.717) is 6.42 Å². The van der Waals surface area contributed by atoms with Gasteiger partial charge in [0.15, 0.2) is 0 Å². The molecule has 0 saturated carbocycles. The van der Waals surface area contributed by atoms with Crippen LogP contribution in [0.2, 0.25) is 0 Å². The fourth-order valence-electron chi connectivity index (χ4n) is 2.50. The van der Waals surface area contributed by atoms with E-state index in [9.17, 15) is 5.11 Å². The molecule has 1 aliphatic heterocycles. The highest BCUT2D eigenvalue weighted by molar-refractivity contribution is 5.11. The van der Waals surface area contributed by atoms with E-state index in [1.807, 2.05) is 11.7 Å². The zero-order chi connectivity index (χ0) is 12.3. The first-order valence-corrected chi connectivity index (χ1v) is 6.64. The molecule has 0 aromatic carbocycles. The van der Waals surface area contributed by atoms with E-state index in [1.54, 1.807) is 0 Å². The third kappa shape index (κ3) is 3.07. The lowest BCUT2D eigenvalue weighted by atomic mass is 9.97. The van der Waals surface area contributed by atoms with Crippen LogP contribution in [-0.2, 0) is 19.9 Å². The van der Waals surface area contributed by atoms with Gasteiger partial charge in [-0.05, 0) is 31.9 Å². The maximum atomic E-state index is 10.2. The van der Waals surface area contributed by atoms with Crippen LogP contribution < -0.4 is 5.32 Å². The number of nitrogens with zero attached hydrogens (tertiary/aromatic N) is 2. The van der Waals surface area contributed by atoms with Crippen molar-refractivity contribution in [1.82, 2.24) is 15.1 Å². The number of hydrogen-bond acceptors (Lipinski definition) is 3. The number of aromatic nitrogens is 2. The molecule has 1 fully saturated rings. The van der Waals surface area contributed by atoms with E-state index in [4.69, 9.17) is 0 Å². The predicted molar refractivity (Wildman–Crippen MR) is 67.9 cm³/mol. The predicted octanol–water partition coefficient (Wildman–Crippen LogP) is 1.03. The second-order valence-corrected chi connectivity index (χ2v) is 4.93. The second kappa shape index (κ2) is 5.65. The van der Waals surface area contributed by atoms with E-state index < -0.39 is 0 Å². The number of hydrogen-bond donors (Lipinski definition) is 2. The van der Waals surface area contributed by atoms with Gasteiger partial charge in [-0.1, -0.05) is 13.3 Å². The lowest BCUT2D eigenvalue weighted by Gasteiger charge is -2.27. The molecule has 1 aliphatic rings. The number of rotatable bonds is 4. The maximum absolute atomic E-state index is 10.2. The third-order valence-corrected chi connectivity index (χ3v) is 3.62. The molecule has 1 aromatic rings. The minimum atomic E-state index is -0.296. The van der Waals surface area contributed by atoms with Gasteiger partial charge < -0.3 is 10.4 Å². The van der Waals surface area contributed by atoms with Crippen molar-refractivity contribution in [2.24, 2.45) is 7.05 Å². The Morgan fingerprint density at radius 1 is 1.59 bits per heavy atom. The zero-order valence-electron chi connectivity index (χ0n) is 10.8. The summed E-state index contributed by atoms with van der Waals surface area (Å²) in [5.74, 6) is 0. The third-order valence-electron chi connectivity index (χ3n) is 3.62. The topological polar surface area (TPSA) is 50.1 Å². The standard InChI is InChI=1S/C13H23N3O/c1-3-10-8-11(16(2)15-10)9-13(17)12-6-4-5-7-14-12/h8,12-14,17H,3-7,9H2,1-2H3. The summed E-state index contributed by atoms with van der Waals surface area (Å²) in [5, 5.41) is 18.0. The van der Waals surface area contributed by atoms with Gasteiger partial charge in [-0.15, -0.1) is 0 Å². The lowest BCUT2D eigenvalue weighted by Crippen LogP contribution is -2.44. The van der Waals surface area contributed by atoms with Crippen molar-refractivity contribution < 1.29 is 5.11 Å². The molecule has 1 aromatic heterocycles. The Bertz CT molecular complexity index is 356. The fourth-order valence-corrected chi connectivity index (χ4v) is 2.50. The van der Waals surface area contributed by atoms with Gasteiger partial charge in [0.05, 0.1) is 11.8 Å². The summed E-state index contributed by atoms with van der Waals surface area (Å²) in [6.07, 6.45) is 4.89. The molecule has 0 aliphatic carbocycles. The molecule has 0 amide bonds. The van der Waals surface area contributed by atoms with Crippen molar-refractivity contribution in [2.75, 3.05) is 6.54 Å². The largest absolute Gasteiger partial charge is 0.391 e. The van der Waals surface area contributed by atoms with E-state index >= 15 is 0 Å². The van der Waals surface area contributed by atoms with Crippen LogP contribution in [0.3, 0.4) is 0 Å². The number of aliphatic hydroxyl groups is 1. The number of aryl methyl sites for hydroxylation is 2. The van der Waals surface area contributed by atoms with Crippen molar-refractivity contribution in [3.05, 3.63) is 17.5 Å². The van der Waals surface area contributed by atoms with Gasteiger partial charge in [0.1, 0.15) is 0 Å². The molecule has 2 N–H and O–H groups in total. The first-order valence-electron chi connectivity index (χ1n) is 6.64. The van der Waals surface area contributed by atoms with Gasteiger partial charge in [-0.3, -0.25) is 4.68 Å². The van der Waals surface area contributed by atoms with Crippen molar-refractivity contribution in [3.8, 4) is 0 Å². The SMILES string of the molecule is CCc1cc(CC(O)C2CCCCN2)n(C)n1. The van der Waals surface area contributed by atoms with Crippen LogP contribution in [0.5, 0.6) is 0 Å². The lowest BCUT2D eigenvalue weighted by molar-refractivity contribution is 0.111. The van der Waals surface area contributed by atoms with Crippen LogP contribution in [0.1, 0.15) is 37.6 Å². The number of piperidine rings is 1. The average molecular weight is 237 g/mol. The summed E-state index contributed by atoms with van der Waals surface area (Å²) in [6, 6.07) is 2.36. The monoisotopic (exact) mass is 237 g/mol. The minimum absolute atomic E-state index is 0.253. The fraction of sp³-hybridized carbons (Fsp3) is 0.769. The van der Waals surface area contributed by atoms with E-state index in [1.165, 1.54) is 12.8 Å². The normalized spacial score (nSPS) is 22.6. The molecule has 2 heterocycles. The van der Waals surface area contributed by atoms with Gasteiger partial charge in [-0.2, -0.15) is 5.10 Å². The van der Waals surface area contributed by atoms with Crippen molar-refractivity contribution in [3.63, 3.8) is 0 Å². The molecule has 4 heteroatoms. The van der Waals surface area contributed by atoms with Crippen molar-refractivity contribution >= 4 is 0 Å². The average Bonchev–Trinajstić information content (AvgIpc) is 2.71. The Balaban J connectivity index is 1.96. The van der Waals surface area contributed by atoms with Crippen LogP contribution in [-0.4, -0.2) is 33.6 Å². The molecule has 2 unspecified atom stereocenters. The Morgan fingerprint density at radius 2 is 2.41 bits per heavy atom. The summed E-state index contributed by atoms with van der Waals surface area (Å²) in [6.45, 7) is 3.14.